The molecule has 0 aromatic carbocycles. The Kier molecular flexibility index (Phi) is 4.13. The summed E-state index contributed by atoms with van der Waals surface area (Å²) in [6, 6.07) is 0. The quantitative estimate of drug-likeness (QED) is 0.800. The predicted octanol–water partition coefficient (Wildman–Crippen LogP) is 1.09. The first-order valence-corrected chi connectivity index (χ1v) is 7.27. The molecule has 1 amide bonds. The summed E-state index contributed by atoms with van der Waals surface area (Å²) in [7, 11) is 0. The zero-order chi connectivity index (χ0) is 14.0. The van der Waals surface area contributed by atoms with E-state index in [0.29, 0.717) is 13.1 Å². The number of likely N-dealkylation sites (tertiary alicyclic amines) is 1. The number of rotatable bonds is 4. The molecule has 5 heteroatoms. The summed E-state index contributed by atoms with van der Waals surface area (Å²) < 4.78 is 0. The number of hydrogen-bond acceptors (Lipinski definition) is 3. The van der Waals surface area contributed by atoms with Crippen molar-refractivity contribution in [2.75, 3.05) is 19.6 Å². The molecule has 2 saturated heterocycles. The van der Waals surface area contributed by atoms with Crippen LogP contribution in [0.25, 0.3) is 0 Å². The smallest absolute Gasteiger partial charge is 0.308 e. The van der Waals surface area contributed by atoms with E-state index < -0.39 is 17.4 Å². The van der Waals surface area contributed by atoms with Gasteiger partial charge in [-0.1, -0.05) is 20.3 Å². The fourth-order valence-electron chi connectivity index (χ4n) is 3.49. The van der Waals surface area contributed by atoms with Crippen LogP contribution in [-0.4, -0.2) is 47.1 Å². The van der Waals surface area contributed by atoms with Gasteiger partial charge in [0.2, 0.25) is 5.91 Å². The zero-order valence-electron chi connectivity index (χ0n) is 11.8. The minimum atomic E-state index is -0.785. The fraction of sp³-hybridized carbons (Fsp3) is 0.857. The van der Waals surface area contributed by atoms with Gasteiger partial charge in [-0.05, 0) is 31.7 Å². The molecule has 5 nitrogen and oxygen atoms in total. The monoisotopic (exact) mass is 268 g/mol. The van der Waals surface area contributed by atoms with Gasteiger partial charge in [0.05, 0.1) is 11.5 Å². The molecule has 19 heavy (non-hydrogen) atoms. The van der Waals surface area contributed by atoms with Crippen molar-refractivity contribution in [3.05, 3.63) is 0 Å². The molecule has 2 aliphatic heterocycles. The third kappa shape index (κ3) is 2.61. The largest absolute Gasteiger partial charge is 0.481 e. The van der Waals surface area contributed by atoms with Crippen molar-refractivity contribution < 1.29 is 14.7 Å². The first-order valence-electron chi connectivity index (χ1n) is 7.27. The minimum absolute atomic E-state index is 0.0431. The number of nitrogens with zero attached hydrogens (tertiary/aromatic N) is 1. The molecule has 2 fully saturated rings. The van der Waals surface area contributed by atoms with Crippen molar-refractivity contribution >= 4 is 11.9 Å². The summed E-state index contributed by atoms with van der Waals surface area (Å²) in [6.45, 7) is 5.82. The Hall–Kier alpha value is -1.10. The van der Waals surface area contributed by atoms with Crippen LogP contribution in [-0.2, 0) is 9.59 Å². The van der Waals surface area contributed by atoms with Crippen LogP contribution in [0.2, 0.25) is 0 Å². The van der Waals surface area contributed by atoms with Crippen molar-refractivity contribution in [3.63, 3.8) is 0 Å². The van der Waals surface area contributed by atoms with Crippen LogP contribution in [0.5, 0.6) is 0 Å². The van der Waals surface area contributed by atoms with Crippen LogP contribution < -0.4 is 5.32 Å². The molecule has 0 aromatic rings. The second kappa shape index (κ2) is 5.49. The molecular formula is C14H24N2O3. The summed E-state index contributed by atoms with van der Waals surface area (Å²) in [6.07, 6.45) is 3.71. The first-order chi connectivity index (χ1) is 9.00. The second-order valence-corrected chi connectivity index (χ2v) is 5.99. The summed E-state index contributed by atoms with van der Waals surface area (Å²) in [4.78, 5) is 25.7. The van der Waals surface area contributed by atoms with Gasteiger partial charge in [0.1, 0.15) is 0 Å². The summed E-state index contributed by atoms with van der Waals surface area (Å²) in [5, 5.41) is 12.5. The van der Waals surface area contributed by atoms with Crippen molar-refractivity contribution in [2.24, 2.45) is 11.8 Å². The number of carbonyl (C=O) groups is 2. The zero-order valence-corrected chi connectivity index (χ0v) is 11.8. The van der Waals surface area contributed by atoms with Crippen LogP contribution in [0, 0.1) is 11.8 Å². The van der Waals surface area contributed by atoms with E-state index >= 15 is 0 Å². The second-order valence-electron chi connectivity index (χ2n) is 5.99. The molecule has 3 atom stereocenters. The van der Waals surface area contributed by atoms with Crippen molar-refractivity contribution in [1.29, 1.82) is 0 Å². The third-order valence-corrected chi connectivity index (χ3v) is 4.55. The van der Waals surface area contributed by atoms with Gasteiger partial charge in [0.25, 0.3) is 0 Å². The average molecular weight is 268 g/mol. The van der Waals surface area contributed by atoms with Crippen LogP contribution in [0.4, 0.5) is 0 Å². The molecule has 0 aromatic heterocycles. The lowest BCUT2D eigenvalue weighted by Gasteiger charge is -2.32. The highest BCUT2D eigenvalue weighted by molar-refractivity contribution is 5.88. The molecule has 108 valence electrons. The average Bonchev–Trinajstić information content (AvgIpc) is 2.96. The number of carboxylic acids is 1. The van der Waals surface area contributed by atoms with E-state index in [2.05, 4.69) is 12.2 Å². The van der Waals surface area contributed by atoms with Crippen molar-refractivity contribution in [2.45, 2.75) is 45.1 Å². The lowest BCUT2D eigenvalue weighted by molar-refractivity contribution is -0.142. The Bertz CT molecular complexity index is 364. The Balaban J connectivity index is 2.09. The SMILES string of the molecule is CCCC1(C(=O)N2CC(C)C(C(=O)O)C2)CCCN1. The molecule has 2 heterocycles. The predicted molar refractivity (Wildman–Crippen MR) is 71.7 cm³/mol. The Morgan fingerprint density at radius 1 is 1.42 bits per heavy atom. The highest BCUT2D eigenvalue weighted by Gasteiger charge is 2.46. The summed E-state index contributed by atoms with van der Waals surface area (Å²) in [5.74, 6) is -1.04. The molecule has 0 radical (unpaired) electrons. The van der Waals surface area contributed by atoms with E-state index in [-0.39, 0.29) is 11.8 Å². The van der Waals surface area contributed by atoms with E-state index in [1.165, 1.54) is 0 Å². The highest BCUT2D eigenvalue weighted by atomic mass is 16.4. The number of carboxylic acid groups (broad SMARTS) is 1. The van der Waals surface area contributed by atoms with E-state index in [4.69, 9.17) is 5.11 Å². The lowest BCUT2D eigenvalue weighted by Crippen LogP contribution is -2.54. The van der Waals surface area contributed by atoms with E-state index in [1.54, 1.807) is 4.90 Å². The number of aliphatic carboxylic acids is 1. The molecule has 2 N–H and O–H groups in total. The van der Waals surface area contributed by atoms with Gasteiger partial charge in [0, 0.05) is 13.1 Å². The molecular weight excluding hydrogens is 244 g/mol. The maximum atomic E-state index is 12.7. The van der Waals surface area contributed by atoms with Gasteiger partial charge in [-0.3, -0.25) is 9.59 Å². The fourth-order valence-corrected chi connectivity index (χ4v) is 3.49. The van der Waals surface area contributed by atoms with Gasteiger partial charge in [-0.15, -0.1) is 0 Å². The number of nitrogens with one attached hydrogen (secondary N) is 1. The Labute approximate surface area is 114 Å². The van der Waals surface area contributed by atoms with Crippen LogP contribution in [0.15, 0.2) is 0 Å². The topological polar surface area (TPSA) is 69.6 Å². The Morgan fingerprint density at radius 3 is 2.63 bits per heavy atom. The van der Waals surface area contributed by atoms with Gasteiger partial charge in [-0.2, -0.15) is 0 Å². The van der Waals surface area contributed by atoms with E-state index in [9.17, 15) is 9.59 Å². The molecule has 2 rings (SSSR count). The number of hydrogen-bond donors (Lipinski definition) is 2. The maximum Gasteiger partial charge on any atom is 0.308 e. The molecule has 0 aliphatic carbocycles. The third-order valence-electron chi connectivity index (χ3n) is 4.55. The van der Waals surface area contributed by atoms with Crippen molar-refractivity contribution in [3.8, 4) is 0 Å². The van der Waals surface area contributed by atoms with Crippen LogP contribution in [0.3, 0.4) is 0 Å². The Morgan fingerprint density at radius 2 is 2.16 bits per heavy atom. The number of amides is 1. The van der Waals surface area contributed by atoms with E-state index in [1.807, 2.05) is 6.92 Å². The van der Waals surface area contributed by atoms with Gasteiger partial charge >= 0.3 is 5.97 Å². The van der Waals surface area contributed by atoms with Crippen molar-refractivity contribution in [1.82, 2.24) is 10.2 Å². The molecule has 2 aliphatic rings. The minimum Gasteiger partial charge on any atom is -0.481 e. The van der Waals surface area contributed by atoms with Crippen LogP contribution in [0.1, 0.15) is 39.5 Å². The van der Waals surface area contributed by atoms with Gasteiger partial charge < -0.3 is 15.3 Å². The molecule has 0 saturated carbocycles. The van der Waals surface area contributed by atoms with E-state index in [0.717, 1.165) is 32.2 Å². The number of carbonyl (C=O) groups excluding carboxylic acids is 1. The molecule has 3 unspecified atom stereocenters. The van der Waals surface area contributed by atoms with Crippen LogP contribution >= 0.6 is 0 Å². The highest BCUT2D eigenvalue weighted by Crippen LogP contribution is 2.31. The van der Waals surface area contributed by atoms with Gasteiger partial charge in [-0.25, -0.2) is 0 Å². The first kappa shape index (κ1) is 14.3. The standard InChI is InChI=1S/C14H24N2O3/c1-3-5-14(6-4-7-15-14)13(19)16-8-10(2)11(9-16)12(17)18/h10-11,15H,3-9H2,1-2H3,(H,17,18). The van der Waals surface area contributed by atoms with Gasteiger partial charge in [0.15, 0.2) is 0 Å². The summed E-state index contributed by atoms with van der Waals surface area (Å²) >= 11 is 0. The normalized spacial score (nSPS) is 34.7. The molecule has 0 bridgehead atoms. The maximum absolute atomic E-state index is 12.7. The summed E-state index contributed by atoms with van der Waals surface area (Å²) in [5.41, 5.74) is -0.429. The molecule has 0 spiro atoms. The lowest BCUT2D eigenvalue weighted by atomic mass is 9.90.